The van der Waals surface area contributed by atoms with Gasteiger partial charge in [0.05, 0.1) is 0 Å². The molecule has 0 unspecified atom stereocenters. The largest absolute Gasteiger partial charge is 0.487 e. The summed E-state index contributed by atoms with van der Waals surface area (Å²) in [6, 6.07) is 6.63. The topological polar surface area (TPSA) is 21.3 Å². The first-order valence-corrected chi connectivity index (χ1v) is 7.47. The van der Waals surface area contributed by atoms with E-state index in [2.05, 4.69) is 44.3 Å². The molecule has 1 N–H and O–H groups in total. The average molecular weight is 259 g/mol. The molecular weight excluding hydrogens is 234 g/mol. The molecule has 1 saturated carbocycles. The van der Waals surface area contributed by atoms with Crippen LogP contribution in [0, 0.1) is 5.41 Å². The van der Waals surface area contributed by atoms with E-state index in [1.165, 1.54) is 30.4 Å². The highest BCUT2D eigenvalue weighted by molar-refractivity contribution is 5.41. The van der Waals surface area contributed by atoms with Gasteiger partial charge >= 0.3 is 0 Å². The van der Waals surface area contributed by atoms with Gasteiger partial charge in [-0.15, -0.1) is 0 Å². The lowest BCUT2D eigenvalue weighted by molar-refractivity contribution is 0.138. The first-order valence-electron chi connectivity index (χ1n) is 7.47. The standard InChI is InChI=1S/C17H25NO/c1-16(2)10-14-9-13(5-6-15(14)19-16)11-18-12-17(3)7-4-8-17/h5-6,9,18H,4,7-8,10-12H2,1-3H3. The summed E-state index contributed by atoms with van der Waals surface area (Å²) in [5.41, 5.74) is 3.26. The molecule has 1 aliphatic carbocycles. The maximum Gasteiger partial charge on any atom is 0.123 e. The maximum absolute atomic E-state index is 5.91. The van der Waals surface area contributed by atoms with E-state index in [1.54, 1.807) is 0 Å². The van der Waals surface area contributed by atoms with Crippen molar-refractivity contribution in [2.45, 2.75) is 58.6 Å². The normalized spacial score (nSPS) is 22.5. The van der Waals surface area contributed by atoms with E-state index in [9.17, 15) is 0 Å². The third-order valence-corrected chi connectivity index (χ3v) is 4.57. The first kappa shape index (κ1) is 13.0. The van der Waals surface area contributed by atoms with Gasteiger partial charge in [0.25, 0.3) is 0 Å². The minimum atomic E-state index is -0.0339. The van der Waals surface area contributed by atoms with Crippen LogP contribution in [0.1, 0.15) is 51.2 Å². The van der Waals surface area contributed by atoms with Gasteiger partial charge in [-0.25, -0.2) is 0 Å². The Morgan fingerprint density at radius 1 is 1.21 bits per heavy atom. The molecule has 2 aliphatic rings. The third-order valence-electron chi connectivity index (χ3n) is 4.57. The minimum absolute atomic E-state index is 0.0339. The number of ether oxygens (including phenoxy) is 1. The summed E-state index contributed by atoms with van der Waals surface area (Å²) in [6.07, 6.45) is 5.19. The molecule has 0 radical (unpaired) electrons. The van der Waals surface area contributed by atoms with E-state index in [4.69, 9.17) is 4.74 Å². The van der Waals surface area contributed by atoms with Crippen LogP contribution in [-0.2, 0) is 13.0 Å². The van der Waals surface area contributed by atoms with Gasteiger partial charge in [0, 0.05) is 19.5 Å². The number of hydrogen-bond donors (Lipinski definition) is 1. The highest BCUT2D eigenvalue weighted by Crippen LogP contribution is 2.39. The Bertz CT molecular complexity index is 474. The quantitative estimate of drug-likeness (QED) is 0.890. The summed E-state index contributed by atoms with van der Waals surface area (Å²) in [4.78, 5) is 0. The second-order valence-electron chi connectivity index (χ2n) is 7.25. The van der Waals surface area contributed by atoms with E-state index in [1.807, 2.05) is 0 Å². The number of nitrogens with one attached hydrogen (secondary N) is 1. The SMILES string of the molecule is CC1(CNCc2ccc3c(c2)CC(C)(C)O3)CCC1. The summed E-state index contributed by atoms with van der Waals surface area (Å²) in [6.45, 7) is 8.82. The van der Waals surface area contributed by atoms with Gasteiger partial charge in [0.2, 0.25) is 0 Å². The highest BCUT2D eigenvalue weighted by Gasteiger charge is 2.31. The van der Waals surface area contributed by atoms with Crippen LogP contribution in [0.4, 0.5) is 0 Å². The van der Waals surface area contributed by atoms with Crippen molar-refractivity contribution in [3.05, 3.63) is 29.3 Å². The Balaban J connectivity index is 1.58. The van der Waals surface area contributed by atoms with Gasteiger partial charge in [-0.2, -0.15) is 0 Å². The minimum Gasteiger partial charge on any atom is -0.487 e. The van der Waals surface area contributed by atoms with Crippen LogP contribution in [0.15, 0.2) is 18.2 Å². The summed E-state index contributed by atoms with van der Waals surface area (Å²) in [5.74, 6) is 1.07. The molecule has 0 saturated heterocycles. The van der Waals surface area contributed by atoms with Crippen LogP contribution in [0.5, 0.6) is 5.75 Å². The van der Waals surface area contributed by atoms with Crippen LogP contribution in [0.25, 0.3) is 0 Å². The van der Waals surface area contributed by atoms with Crippen molar-refractivity contribution in [1.82, 2.24) is 5.32 Å². The fourth-order valence-electron chi connectivity index (χ4n) is 3.24. The van der Waals surface area contributed by atoms with E-state index in [0.29, 0.717) is 5.41 Å². The molecule has 0 atom stereocenters. The van der Waals surface area contributed by atoms with Gasteiger partial charge < -0.3 is 10.1 Å². The number of rotatable bonds is 4. The van der Waals surface area contributed by atoms with E-state index >= 15 is 0 Å². The van der Waals surface area contributed by atoms with Crippen molar-refractivity contribution in [2.24, 2.45) is 5.41 Å². The molecule has 1 heterocycles. The smallest absolute Gasteiger partial charge is 0.123 e. The van der Waals surface area contributed by atoms with Crippen molar-refractivity contribution >= 4 is 0 Å². The lowest BCUT2D eigenvalue weighted by Gasteiger charge is -2.38. The second-order valence-corrected chi connectivity index (χ2v) is 7.25. The van der Waals surface area contributed by atoms with Crippen LogP contribution in [0.2, 0.25) is 0 Å². The van der Waals surface area contributed by atoms with E-state index in [-0.39, 0.29) is 5.60 Å². The molecule has 2 heteroatoms. The highest BCUT2D eigenvalue weighted by atomic mass is 16.5. The summed E-state index contributed by atoms with van der Waals surface area (Å²) < 4.78 is 5.91. The zero-order valence-electron chi connectivity index (χ0n) is 12.4. The van der Waals surface area contributed by atoms with Gasteiger partial charge in [-0.3, -0.25) is 0 Å². The molecule has 19 heavy (non-hydrogen) atoms. The summed E-state index contributed by atoms with van der Waals surface area (Å²) in [7, 11) is 0. The molecule has 104 valence electrons. The molecule has 3 rings (SSSR count). The van der Waals surface area contributed by atoms with E-state index in [0.717, 1.165) is 25.3 Å². The van der Waals surface area contributed by atoms with Gasteiger partial charge in [0.1, 0.15) is 11.4 Å². The van der Waals surface area contributed by atoms with Crippen LogP contribution >= 0.6 is 0 Å². The number of hydrogen-bond acceptors (Lipinski definition) is 2. The molecular formula is C17H25NO. The maximum atomic E-state index is 5.91. The Morgan fingerprint density at radius 2 is 2.00 bits per heavy atom. The fraction of sp³-hybridized carbons (Fsp3) is 0.647. The Labute approximate surface area is 116 Å². The zero-order chi connectivity index (χ0) is 13.5. The Morgan fingerprint density at radius 3 is 2.68 bits per heavy atom. The van der Waals surface area contributed by atoms with Crippen molar-refractivity contribution in [1.29, 1.82) is 0 Å². The first-order chi connectivity index (χ1) is 8.96. The predicted molar refractivity (Wildman–Crippen MR) is 78.5 cm³/mol. The monoisotopic (exact) mass is 259 g/mol. The summed E-state index contributed by atoms with van der Waals surface area (Å²) >= 11 is 0. The van der Waals surface area contributed by atoms with Gasteiger partial charge in [-0.1, -0.05) is 25.5 Å². The average Bonchev–Trinajstić information content (AvgIpc) is 2.60. The molecule has 2 nitrogen and oxygen atoms in total. The molecule has 0 aromatic heterocycles. The Hall–Kier alpha value is -1.02. The van der Waals surface area contributed by atoms with Crippen LogP contribution in [0.3, 0.4) is 0 Å². The van der Waals surface area contributed by atoms with Crippen LogP contribution < -0.4 is 10.1 Å². The number of fused-ring (bicyclic) bond motifs is 1. The van der Waals surface area contributed by atoms with Crippen molar-refractivity contribution in [3.8, 4) is 5.75 Å². The molecule has 0 amide bonds. The fourth-order valence-corrected chi connectivity index (χ4v) is 3.24. The van der Waals surface area contributed by atoms with Crippen molar-refractivity contribution in [3.63, 3.8) is 0 Å². The third kappa shape index (κ3) is 2.79. The second kappa shape index (κ2) is 4.52. The lowest BCUT2D eigenvalue weighted by Crippen LogP contribution is -2.36. The van der Waals surface area contributed by atoms with E-state index < -0.39 is 0 Å². The molecule has 0 spiro atoms. The van der Waals surface area contributed by atoms with Gasteiger partial charge in [0.15, 0.2) is 0 Å². The Kier molecular flexibility index (Phi) is 3.09. The lowest BCUT2D eigenvalue weighted by atomic mass is 9.70. The molecule has 1 aromatic rings. The summed E-state index contributed by atoms with van der Waals surface area (Å²) in [5, 5.41) is 3.62. The van der Waals surface area contributed by atoms with Crippen LogP contribution in [-0.4, -0.2) is 12.1 Å². The molecule has 1 aromatic carbocycles. The molecule has 1 aliphatic heterocycles. The van der Waals surface area contributed by atoms with Gasteiger partial charge in [-0.05, 0) is 49.3 Å². The number of benzene rings is 1. The predicted octanol–water partition coefficient (Wildman–Crippen LogP) is 3.68. The molecule has 0 bridgehead atoms. The zero-order valence-corrected chi connectivity index (χ0v) is 12.4. The molecule has 1 fully saturated rings. The van der Waals surface area contributed by atoms with Crippen molar-refractivity contribution < 1.29 is 4.74 Å². The van der Waals surface area contributed by atoms with Crippen molar-refractivity contribution in [2.75, 3.05) is 6.54 Å².